The average Bonchev–Trinajstić information content (AvgIpc) is 2.94. The molecule has 4 rings (SSSR count). The molecule has 7 heteroatoms. The van der Waals surface area contributed by atoms with Crippen LogP contribution in [-0.4, -0.2) is 57.2 Å². The predicted octanol–water partition coefficient (Wildman–Crippen LogP) is 4.11. The maximum absolute atomic E-state index is 12.6. The molecule has 2 saturated heterocycles. The van der Waals surface area contributed by atoms with Crippen molar-refractivity contribution in [3.63, 3.8) is 0 Å². The molecule has 0 unspecified atom stereocenters. The summed E-state index contributed by atoms with van der Waals surface area (Å²) in [5.74, 6) is 0.787. The van der Waals surface area contributed by atoms with Crippen molar-refractivity contribution in [2.45, 2.75) is 108 Å². The monoisotopic (exact) mass is 403 g/mol. The summed E-state index contributed by atoms with van der Waals surface area (Å²) in [6.45, 7) is 5.77. The zero-order valence-electron chi connectivity index (χ0n) is 17.8. The van der Waals surface area contributed by atoms with E-state index >= 15 is 0 Å². The van der Waals surface area contributed by atoms with Gasteiger partial charge in [0.2, 0.25) is 0 Å². The van der Waals surface area contributed by atoms with Gasteiger partial charge in [0, 0.05) is 18.2 Å². The molecular formula is C22H33N3O4. The second-order valence-corrected chi connectivity index (χ2v) is 9.60. The number of hydrogen-bond donors (Lipinski definition) is 0. The zero-order valence-corrected chi connectivity index (χ0v) is 17.8. The number of piperidine rings is 1. The summed E-state index contributed by atoms with van der Waals surface area (Å²) in [4.78, 5) is 14.6. The van der Waals surface area contributed by atoms with Crippen molar-refractivity contribution in [2.24, 2.45) is 0 Å². The van der Waals surface area contributed by atoms with Crippen LogP contribution in [0.2, 0.25) is 0 Å². The van der Waals surface area contributed by atoms with Crippen LogP contribution in [0.1, 0.15) is 72.1 Å². The van der Waals surface area contributed by atoms with E-state index < -0.39 is 5.60 Å². The highest BCUT2D eigenvalue weighted by Gasteiger charge is 2.45. The summed E-state index contributed by atoms with van der Waals surface area (Å²) in [5, 5.41) is 7.65. The van der Waals surface area contributed by atoms with Gasteiger partial charge >= 0.3 is 6.09 Å². The summed E-state index contributed by atoms with van der Waals surface area (Å²) in [7, 11) is 0. The zero-order chi connectivity index (χ0) is 20.4. The lowest BCUT2D eigenvalue weighted by molar-refractivity contribution is -0.0813. The summed E-state index contributed by atoms with van der Waals surface area (Å²) in [5.41, 5.74) is -0.448. The number of amides is 1. The molecule has 1 aromatic heterocycles. The number of nitrogens with zero attached hydrogens (tertiary/aromatic N) is 3. The normalized spacial score (nSPS) is 32.1. The lowest BCUT2D eigenvalue weighted by Crippen LogP contribution is -2.50. The minimum Gasteiger partial charge on any atom is -0.489 e. The minimum atomic E-state index is -0.448. The Morgan fingerprint density at radius 1 is 0.966 bits per heavy atom. The Kier molecular flexibility index (Phi) is 5.95. The largest absolute Gasteiger partial charge is 0.489 e. The van der Waals surface area contributed by atoms with Gasteiger partial charge in [-0.3, -0.25) is 0 Å². The molecule has 3 fully saturated rings. The van der Waals surface area contributed by atoms with Crippen LogP contribution in [0.4, 0.5) is 4.79 Å². The maximum Gasteiger partial charge on any atom is 0.410 e. The van der Waals surface area contributed by atoms with E-state index in [1.165, 1.54) is 0 Å². The van der Waals surface area contributed by atoms with Crippen LogP contribution in [0.15, 0.2) is 18.5 Å². The van der Waals surface area contributed by atoms with E-state index in [-0.39, 0.29) is 30.4 Å². The minimum absolute atomic E-state index is 0.160. The van der Waals surface area contributed by atoms with Gasteiger partial charge in [-0.05, 0) is 72.1 Å². The molecule has 1 aliphatic carbocycles. The number of carbonyl (C=O) groups excluding carboxylic acids is 1. The quantitative estimate of drug-likeness (QED) is 0.753. The van der Waals surface area contributed by atoms with Crippen molar-refractivity contribution >= 4 is 6.09 Å². The van der Waals surface area contributed by atoms with Gasteiger partial charge in [0.05, 0.1) is 30.7 Å². The van der Waals surface area contributed by atoms with Gasteiger partial charge in [-0.2, -0.15) is 10.2 Å². The Morgan fingerprint density at radius 3 is 2.21 bits per heavy atom. The molecule has 1 saturated carbocycles. The molecule has 2 bridgehead atoms. The molecule has 160 valence electrons. The fraction of sp³-hybridized carbons (Fsp3) is 0.773. The van der Waals surface area contributed by atoms with Crippen molar-refractivity contribution in [1.29, 1.82) is 0 Å². The van der Waals surface area contributed by atoms with E-state index in [1.807, 2.05) is 31.7 Å². The molecule has 1 aromatic rings. The van der Waals surface area contributed by atoms with Gasteiger partial charge in [-0.1, -0.05) is 0 Å². The summed E-state index contributed by atoms with van der Waals surface area (Å²) >= 11 is 0. The molecule has 3 aliphatic rings. The van der Waals surface area contributed by atoms with Crippen molar-refractivity contribution in [2.75, 3.05) is 0 Å². The second-order valence-electron chi connectivity index (χ2n) is 9.60. The standard InChI is InChI=1S/C22H33N3O4/c1-22(2,3)29-21(26)25-15-4-5-16(25)13-20(12-15)28-18-8-6-17(7-9-18)27-19-10-11-23-24-14-19/h10-11,14-18,20H,4-9,12-13H2,1-3H3/t15-,16-,17?,18?/m0/s1. The van der Waals surface area contributed by atoms with Gasteiger partial charge in [0.1, 0.15) is 11.4 Å². The Balaban J connectivity index is 1.24. The van der Waals surface area contributed by atoms with Gasteiger partial charge in [-0.25, -0.2) is 4.79 Å². The molecule has 2 atom stereocenters. The topological polar surface area (TPSA) is 73.8 Å². The highest BCUT2D eigenvalue weighted by atomic mass is 16.6. The maximum atomic E-state index is 12.6. The van der Waals surface area contributed by atoms with E-state index in [0.29, 0.717) is 6.10 Å². The van der Waals surface area contributed by atoms with Crippen LogP contribution in [0.5, 0.6) is 5.75 Å². The fourth-order valence-corrected chi connectivity index (χ4v) is 4.95. The molecule has 1 amide bonds. The third-order valence-electron chi connectivity index (χ3n) is 6.16. The summed E-state index contributed by atoms with van der Waals surface area (Å²) in [6, 6.07) is 2.36. The third kappa shape index (κ3) is 5.18. The number of hydrogen-bond acceptors (Lipinski definition) is 6. The molecule has 2 aliphatic heterocycles. The molecule has 0 aromatic carbocycles. The lowest BCUT2D eigenvalue weighted by atomic mass is 9.93. The highest BCUT2D eigenvalue weighted by molar-refractivity contribution is 5.69. The molecule has 7 nitrogen and oxygen atoms in total. The fourth-order valence-electron chi connectivity index (χ4n) is 4.95. The van der Waals surface area contributed by atoms with E-state index in [2.05, 4.69) is 10.2 Å². The Labute approximate surface area is 173 Å². The first kappa shape index (κ1) is 20.4. The van der Waals surface area contributed by atoms with Crippen LogP contribution < -0.4 is 4.74 Å². The van der Waals surface area contributed by atoms with E-state index in [1.54, 1.807) is 12.4 Å². The first-order valence-electron chi connectivity index (χ1n) is 11.0. The van der Waals surface area contributed by atoms with Gasteiger partial charge < -0.3 is 19.1 Å². The van der Waals surface area contributed by atoms with Gasteiger partial charge in [0.15, 0.2) is 0 Å². The summed E-state index contributed by atoms with van der Waals surface area (Å²) in [6.07, 6.45) is 11.9. The first-order valence-corrected chi connectivity index (χ1v) is 11.0. The Hall–Kier alpha value is -1.89. The Bertz CT molecular complexity index is 671. The van der Waals surface area contributed by atoms with Crippen LogP contribution >= 0.6 is 0 Å². The number of ether oxygens (including phenoxy) is 3. The smallest absolute Gasteiger partial charge is 0.410 e. The van der Waals surface area contributed by atoms with Crippen LogP contribution in [0, 0.1) is 0 Å². The SMILES string of the molecule is CC(C)(C)OC(=O)N1[C@H]2CC[C@H]1CC(OC1CCC(Oc3ccnnc3)CC1)C2. The van der Waals surface area contributed by atoms with Crippen molar-refractivity contribution in [3.8, 4) is 5.75 Å². The average molecular weight is 404 g/mol. The molecule has 0 spiro atoms. The van der Waals surface area contributed by atoms with Gasteiger partial charge in [-0.15, -0.1) is 0 Å². The van der Waals surface area contributed by atoms with Crippen molar-refractivity contribution < 1.29 is 19.0 Å². The molecule has 0 radical (unpaired) electrons. The van der Waals surface area contributed by atoms with Crippen molar-refractivity contribution in [1.82, 2.24) is 15.1 Å². The van der Waals surface area contributed by atoms with Crippen LogP contribution in [0.3, 0.4) is 0 Å². The molecular weight excluding hydrogens is 370 g/mol. The number of rotatable bonds is 4. The van der Waals surface area contributed by atoms with Crippen LogP contribution in [-0.2, 0) is 9.47 Å². The summed E-state index contributed by atoms with van der Waals surface area (Å²) < 4.78 is 18.1. The van der Waals surface area contributed by atoms with E-state index in [4.69, 9.17) is 14.2 Å². The van der Waals surface area contributed by atoms with E-state index in [9.17, 15) is 4.79 Å². The second kappa shape index (κ2) is 8.46. The van der Waals surface area contributed by atoms with E-state index in [0.717, 1.165) is 57.1 Å². The number of fused-ring (bicyclic) bond motifs is 2. The highest BCUT2D eigenvalue weighted by Crippen LogP contribution is 2.39. The van der Waals surface area contributed by atoms with Crippen LogP contribution in [0.25, 0.3) is 0 Å². The number of aromatic nitrogens is 2. The first-order chi connectivity index (χ1) is 13.9. The lowest BCUT2D eigenvalue weighted by Gasteiger charge is -2.41. The van der Waals surface area contributed by atoms with Gasteiger partial charge in [0.25, 0.3) is 0 Å². The third-order valence-corrected chi connectivity index (χ3v) is 6.16. The number of carbonyl (C=O) groups is 1. The molecule has 3 heterocycles. The Morgan fingerprint density at radius 2 is 1.62 bits per heavy atom. The molecule has 0 N–H and O–H groups in total. The predicted molar refractivity (Wildman–Crippen MR) is 108 cm³/mol. The molecule has 29 heavy (non-hydrogen) atoms. The van der Waals surface area contributed by atoms with Crippen molar-refractivity contribution in [3.05, 3.63) is 18.5 Å².